The monoisotopic (exact) mass is 296 g/mol. The first-order valence-corrected chi connectivity index (χ1v) is 7.40. The lowest BCUT2D eigenvalue weighted by molar-refractivity contribution is 0.0755. The largest absolute Gasteiger partial charge is 0.368 e. The van der Waals surface area contributed by atoms with Crippen molar-refractivity contribution in [3.05, 3.63) is 52.7 Å². The van der Waals surface area contributed by atoms with E-state index < -0.39 is 0 Å². The zero-order chi connectivity index (χ0) is 14.4. The Morgan fingerprint density at radius 2 is 2.14 bits per heavy atom. The summed E-state index contributed by atoms with van der Waals surface area (Å²) in [6.07, 6.45) is 1.70. The molecule has 0 aliphatic carbocycles. The highest BCUT2D eigenvalue weighted by molar-refractivity contribution is 7.20. The summed E-state index contributed by atoms with van der Waals surface area (Å²) in [4.78, 5) is 23.3. The van der Waals surface area contributed by atoms with Gasteiger partial charge in [0.1, 0.15) is 0 Å². The number of fused-ring (bicyclic) bond motifs is 2. The molecule has 4 rings (SSSR count). The zero-order valence-corrected chi connectivity index (χ0v) is 11.9. The van der Waals surface area contributed by atoms with Gasteiger partial charge in [-0.3, -0.25) is 4.79 Å². The second-order valence-corrected chi connectivity index (χ2v) is 6.09. The number of nitrogens with two attached hydrogens (primary N) is 1. The van der Waals surface area contributed by atoms with Gasteiger partial charge in [-0.15, -0.1) is 11.3 Å². The molecule has 0 radical (unpaired) electrons. The van der Waals surface area contributed by atoms with Crippen LogP contribution >= 0.6 is 11.3 Å². The molecule has 0 unspecified atom stereocenters. The summed E-state index contributed by atoms with van der Waals surface area (Å²) in [5, 5.41) is 1.10. The van der Waals surface area contributed by atoms with Crippen molar-refractivity contribution in [1.82, 2.24) is 14.9 Å². The highest BCUT2D eigenvalue weighted by Gasteiger charge is 2.26. The van der Waals surface area contributed by atoms with Gasteiger partial charge in [-0.25, -0.2) is 9.97 Å². The predicted molar refractivity (Wildman–Crippen MR) is 81.8 cm³/mol. The lowest BCUT2D eigenvalue weighted by atomic mass is 10.2. The van der Waals surface area contributed by atoms with Gasteiger partial charge in [0.05, 0.1) is 17.1 Å². The molecule has 5 nitrogen and oxygen atoms in total. The molecule has 2 N–H and O–H groups in total. The van der Waals surface area contributed by atoms with Crippen molar-refractivity contribution in [2.24, 2.45) is 0 Å². The maximum Gasteiger partial charge on any atom is 0.264 e. The van der Waals surface area contributed by atoms with Crippen LogP contribution in [0.15, 0.2) is 36.5 Å². The molecule has 1 aromatic carbocycles. The normalized spacial score (nSPS) is 13.6. The topological polar surface area (TPSA) is 72.1 Å². The maximum absolute atomic E-state index is 12.6. The van der Waals surface area contributed by atoms with Crippen molar-refractivity contribution in [1.29, 1.82) is 0 Å². The summed E-state index contributed by atoms with van der Waals surface area (Å²) in [6, 6.07) is 9.96. The zero-order valence-electron chi connectivity index (χ0n) is 11.1. The number of rotatable bonds is 1. The molecule has 104 valence electrons. The number of aromatic nitrogens is 2. The molecular formula is C15H12N4OS. The minimum atomic E-state index is 0.0350. The molecule has 6 heteroatoms. The Bertz CT molecular complexity index is 825. The highest BCUT2D eigenvalue weighted by Crippen LogP contribution is 2.29. The SMILES string of the molecule is Nc1ncc2c(n1)CN(C(=O)c1cc3ccccc3s1)C2. The average molecular weight is 296 g/mol. The van der Waals surface area contributed by atoms with Crippen LogP contribution in [-0.4, -0.2) is 20.8 Å². The Kier molecular flexibility index (Phi) is 2.65. The van der Waals surface area contributed by atoms with E-state index in [0.29, 0.717) is 13.1 Å². The quantitative estimate of drug-likeness (QED) is 0.748. The van der Waals surface area contributed by atoms with Crippen LogP contribution in [0.25, 0.3) is 10.1 Å². The van der Waals surface area contributed by atoms with Gasteiger partial charge in [-0.2, -0.15) is 0 Å². The van der Waals surface area contributed by atoms with E-state index in [4.69, 9.17) is 5.73 Å². The minimum absolute atomic E-state index is 0.0350. The van der Waals surface area contributed by atoms with Crippen LogP contribution in [0.2, 0.25) is 0 Å². The molecular weight excluding hydrogens is 284 g/mol. The predicted octanol–water partition coefficient (Wildman–Crippen LogP) is 2.43. The van der Waals surface area contributed by atoms with Crippen molar-refractivity contribution >= 4 is 33.3 Å². The maximum atomic E-state index is 12.6. The average Bonchev–Trinajstić information content (AvgIpc) is 3.09. The summed E-state index contributed by atoms with van der Waals surface area (Å²) in [5.74, 6) is 0.290. The van der Waals surface area contributed by atoms with Crippen LogP contribution < -0.4 is 5.73 Å². The summed E-state index contributed by atoms with van der Waals surface area (Å²) in [7, 11) is 0. The van der Waals surface area contributed by atoms with Crippen molar-refractivity contribution < 1.29 is 4.79 Å². The second-order valence-electron chi connectivity index (χ2n) is 5.01. The standard InChI is InChI=1S/C15H12N4OS/c16-15-17-6-10-7-19(8-11(10)18-15)14(20)13-5-9-3-1-2-4-12(9)21-13/h1-6H,7-8H2,(H2,16,17,18). The minimum Gasteiger partial charge on any atom is -0.368 e. The molecule has 1 aliphatic rings. The molecule has 0 spiro atoms. The van der Waals surface area contributed by atoms with Gasteiger partial charge in [0.15, 0.2) is 0 Å². The van der Waals surface area contributed by atoms with Crippen molar-refractivity contribution in [2.75, 3.05) is 5.73 Å². The third-order valence-electron chi connectivity index (χ3n) is 3.60. The third-order valence-corrected chi connectivity index (χ3v) is 4.70. The van der Waals surface area contributed by atoms with Gasteiger partial charge in [-0.05, 0) is 17.5 Å². The molecule has 0 fully saturated rings. The van der Waals surface area contributed by atoms with Crippen molar-refractivity contribution in [3.63, 3.8) is 0 Å². The van der Waals surface area contributed by atoms with Crippen molar-refractivity contribution in [3.8, 4) is 0 Å². The Morgan fingerprint density at radius 3 is 3.00 bits per heavy atom. The van der Waals surface area contributed by atoms with Gasteiger partial charge in [0.2, 0.25) is 5.95 Å². The Hall–Kier alpha value is -2.47. The van der Waals surface area contributed by atoms with E-state index >= 15 is 0 Å². The fraction of sp³-hybridized carbons (Fsp3) is 0.133. The molecule has 2 aromatic heterocycles. The number of amides is 1. The van der Waals surface area contributed by atoms with E-state index in [2.05, 4.69) is 9.97 Å². The van der Waals surface area contributed by atoms with Crippen molar-refractivity contribution in [2.45, 2.75) is 13.1 Å². The number of nitrogens with zero attached hydrogens (tertiary/aromatic N) is 3. The highest BCUT2D eigenvalue weighted by atomic mass is 32.1. The number of thiophene rings is 1. The fourth-order valence-corrected chi connectivity index (χ4v) is 3.59. The molecule has 1 amide bonds. The van der Waals surface area contributed by atoms with E-state index in [1.807, 2.05) is 30.3 Å². The first-order valence-electron chi connectivity index (χ1n) is 6.59. The number of nitrogen functional groups attached to an aromatic ring is 1. The Balaban J connectivity index is 1.64. The van der Waals surface area contributed by atoms with Gasteiger partial charge in [0.25, 0.3) is 5.91 Å². The number of benzene rings is 1. The van der Waals surface area contributed by atoms with E-state index in [-0.39, 0.29) is 11.9 Å². The Labute approximate surface area is 125 Å². The van der Waals surface area contributed by atoms with Gasteiger partial charge < -0.3 is 10.6 Å². The second kappa shape index (κ2) is 4.53. The molecule has 3 aromatic rings. The lowest BCUT2D eigenvalue weighted by Crippen LogP contribution is -2.24. The number of anilines is 1. The van der Waals surface area contributed by atoms with Crippen LogP contribution in [0.1, 0.15) is 20.9 Å². The lowest BCUT2D eigenvalue weighted by Gasteiger charge is -2.13. The molecule has 0 bridgehead atoms. The molecule has 0 atom stereocenters. The van der Waals surface area contributed by atoms with Crippen LogP contribution in [-0.2, 0) is 13.1 Å². The first-order chi connectivity index (χ1) is 10.2. The third kappa shape index (κ3) is 2.04. The van der Waals surface area contributed by atoms with Gasteiger partial charge >= 0.3 is 0 Å². The van der Waals surface area contributed by atoms with E-state index in [9.17, 15) is 4.79 Å². The summed E-state index contributed by atoms with van der Waals surface area (Å²) in [5.41, 5.74) is 7.41. The van der Waals surface area contributed by atoms with Crippen LogP contribution in [0.3, 0.4) is 0 Å². The molecule has 3 heterocycles. The Morgan fingerprint density at radius 1 is 1.29 bits per heavy atom. The molecule has 1 aliphatic heterocycles. The molecule has 0 saturated heterocycles. The first kappa shape index (κ1) is 12.3. The van der Waals surface area contributed by atoms with Gasteiger partial charge in [0, 0.05) is 23.0 Å². The van der Waals surface area contributed by atoms with Crippen LogP contribution in [0.4, 0.5) is 5.95 Å². The number of hydrogen-bond acceptors (Lipinski definition) is 5. The fourth-order valence-electron chi connectivity index (χ4n) is 2.56. The van der Waals surface area contributed by atoms with E-state index in [0.717, 1.165) is 26.2 Å². The van der Waals surface area contributed by atoms with Gasteiger partial charge in [-0.1, -0.05) is 18.2 Å². The number of carbonyl (C=O) groups is 1. The smallest absolute Gasteiger partial charge is 0.264 e. The summed E-state index contributed by atoms with van der Waals surface area (Å²) < 4.78 is 1.13. The van der Waals surface area contributed by atoms with E-state index in [1.54, 1.807) is 11.1 Å². The summed E-state index contributed by atoms with van der Waals surface area (Å²) in [6.45, 7) is 1.04. The summed E-state index contributed by atoms with van der Waals surface area (Å²) >= 11 is 1.52. The van der Waals surface area contributed by atoms with E-state index in [1.165, 1.54) is 11.3 Å². The molecule has 0 saturated carbocycles. The van der Waals surface area contributed by atoms with Crippen LogP contribution in [0.5, 0.6) is 0 Å². The number of hydrogen-bond donors (Lipinski definition) is 1. The van der Waals surface area contributed by atoms with Crippen LogP contribution in [0, 0.1) is 0 Å². The number of carbonyl (C=O) groups excluding carboxylic acids is 1. The molecule has 21 heavy (non-hydrogen) atoms.